The maximum absolute atomic E-state index is 12.6. The van der Waals surface area contributed by atoms with Crippen LogP contribution in [0.1, 0.15) is 31.2 Å². The zero-order valence-corrected chi connectivity index (χ0v) is 17.0. The molecular formula is C22H26N4O4. The predicted molar refractivity (Wildman–Crippen MR) is 114 cm³/mol. The molecule has 1 aliphatic heterocycles. The monoisotopic (exact) mass is 410 g/mol. The molecule has 158 valence electrons. The van der Waals surface area contributed by atoms with E-state index in [1.165, 1.54) is 6.21 Å². The van der Waals surface area contributed by atoms with E-state index in [1.807, 2.05) is 6.07 Å². The normalized spacial score (nSPS) is 20.6. The lowest BCUT2D eigenvalue weighted by Crippen LogP contribution is -2.35. The summed E-state index contributed by atoms with van der Waals surface area (Å²) in [5.74, 6) is 12.3. The molecule has 3 aliphatic rings. The molecular weight excluding hydrogens is 384 g/mol. The van der Waals surface area contributed by atoms with Gasteiger partial charge in [0.2, 0.25) is 0 Å². The number of methoxy groups -OCH3 is 1. The fraction of sp³-hybridized carbons (Fsp3) is 0.500. The topological polar surface area (TPSA) is 108 Å². The number of amides is 1. The van der Waals surface area contributed by atoms with Crippen LogP contribution in [0.4, 0.5) is 5.69 Å². The molecule has 1 saturated heterocycles. The largest absolute Gasteiger partial charge is 0.497 e. The van der Waals surface area contributed by atoms with Crippen molar-refractivity contribution in [1.82, 2.24) is 0 Å². The number of hydrazone groups is 1. The van der Waals surface area contributed by atoms with Gasteiger partial charge in [0, 0.05) is 28.7 Å². The van der Waals surface area contributed by atoms with Gasteiger partial charge in [0.15, 0.2) is 12.0 Å². The number of nitrogens with zero attached hydrogens (tertiary/aromatic N) is 2. The van der Waals surface area contributed by atoms with Crippen molar-refractivity contribution < 1.29 is 19.0 Å². The number of hydrogen-bond acceptors (Lipinski definition) is 7. The van der Waals surface area contributed by atoms with Crippen LogP contribution in [0.3, 0.4) is 0 Å². The number of carbonyl (C=O) groups excluding carboxylic acids is 1. The lowest BCUT2D eigenvalue weighted by atomic mass is 10.1. The summed E-state index contributed by atoms with van der Waals surface area (Å²) < 4.78 is 16.7. The first-order valence-corrected chi connectivity index (χ1v) is 10.1. The third-order valence-corrected chi connectivity index (χ3v) is 5.35. The highest BCUT2D eigenvalue weighted by atomic mass is 16.7. The summed E-state index contributed by atoms with van der Waals surface area (Å²) in [6.45, 7) is 1.68. The number of rotatable bonds is 6. The Morgan fingerprint density at radius 1 is 1.33 bits per heavy atom. The van der Waals surface area contributed by atoms with E-state index in [0.717, 1.165) is 31.2 Å². The Morgan fingerprint density at radius 2 is 2.10 bits per heavy atom. The van der Waals surface area contributed by atoms with Crippen LogP contribution in [0.25, 0.3) is 0 Å². The van der Waals surface area contributed by atoms with Crippen LogP contribution in [0.2, 0.25) is 0 Å². The van der Waals surface area contributed by atoms with Gasteiger partial charge >= 0.3 is 0 Å². The second kappa shape index (κ2) is 8.86. The number of hydrogen-bond donors (Lipinski definition) is 2. The van der Waals surface area contributed by atoms with E-state index in [1.54, 1.807) is 19.2 Å². The molecule has 8 heteroatoms. The van der Waals surface area contributed by atoms with Crippen LogP contribution >= 0.6 is 0 Å². The van der Waals surface area contributed by atoms with Crippen LogP contribution in [0.15, 0.2) is 28.3 Å². The van der Waals surface area contributed by atoms with Crippen molar-refractivity contribution in [3.63, 3.8) is 0 Å². The van der Waals surface area contributed by atoms with E-state index < -0.39 is 12.2 Å². The standard InChI is InChI=1S/C22H26N4O4/c1-28-18-9-16(5-4-15-2-3-15)8-17(10-18)25-21(27)19(26-23)11-24-12-20-29-13-22(6-7-22)14-30-20/h8-11,15,20H,2-3,6-7,12-14,23H2,1H3,(H,25,27)/b24-11?,26-19+. The van der Waals surface area contributed by atoms with E-state index in [2.05, 4.69) is 27.3 Å². The summed E-state index contributed by atoms with van der Waals surface area (Å²) in [6, 6.07) is 5.34. The average molecular weight is 410 g/mol. The zero-order valence-electron chi connectivity index (χ0n) is 17.0. The van der Waals surface area contributed by atoms with E-state index >= 15 is 0 Å². The van der Waals surface area contributed by atoms with Gasteiger partial charge in [0.05, 0.1) is 33.1 Å². The van der Waals surface area contributed by atoms with Crippen molar-refractivity contribution in [2.24, 2.45) is 27.3 Å². The lowest BCUT2D eigenvalue weighted by molar-refractivity contribution is -0.201. The van der Waals surface area contributed by atoms with Gasteiger partial charge in [0.1, 0.15) is 5.75 Å². The number of aliphatic imine (C=N–C) groups is 1. The van der Waals surface area contributed by atoms with Gasteiger partial charge in [-0.25, -0.2) is 0 Å². The number of nitrogens with one attached hydrogen (secondary N) is 1. The maximum Gasteiger partial charge on any atom is 0.277 e. The fourth-order valence-electron chi connectivity index (χ4n) is 3.05. The van der Waals surface area contributed by atoms with Crippen molar-refractivity contribution in [2.45, 2.75) is 32.0 Å². The first kappa shape index (κ1) is 20.4. The average Bonchev–Trinajstić information content (AvgIpc) is 3.68. The first-order valence-electron chi connectivity index (χ1n) is 10.1. The molecule has 1 heterocycles. The molecule has 1 aromatic carbocycles. The molecule has 8 nitrogen and oxygen atoms in total. The number of benzene rings is 1. The highest BCUT2D eigenvalue weighted by molar-refractivity contribution is 6.63. The van der Waals surface area contributed by atoms with E-state index in [0.29, 0.717) is 30.6 Å². The minimum atomic E-state index is -0.474. The third kappa shape index (κ3) is 5.38. The Bertz CT molecular complexity index is 913. The maximum atomic E-state index is 12.6. The van der Waals surface area contributed by atoms with Crippen molar-refractivity contribution in [1.29, 1.82) is 0 Å². The Hall–Kier alpha value is -2.89. The highest BCUT2D eigenvalue weighted by Gasteiger charge is 2.46. The van der Waals surface area contributed by atoms with Crippen LogP contribution in [-0.4, -0.2) is 51.0 Å². The smallest absolute Gasteiger partial charge is 0.277 e. The second-order valence-corrected chi connectivity index (χ2v) is 8.01. The molecule has 0 atom stereocenters. The van der Waals surface area contributed by atoms with Crippen LogP contribution in [0, 0.1) is 23.2 Å². The minimum Gasteiger partial charge on any atom is -0.497 e. The van der Waals surface area contributed by atoms with Gasteiger partial charge < -0.3 is 25.4 Å². The van der Waals surface area contributed by atoms with Gasteiger partial charge in [-0.05, 0) is 37.8 Å². The summed E-state index contributed by atoms with van der Waals surface area (Å²) in [5, 5.41) is 6.31. The number of anilines is 1. The minimum absolute atomic E-state index is 0.00194. The quantitative estimate of drug-likeness (QED) is 0.323. The van der Waals surface area contributed by atoms with Gasteiger partial charge in [0.25, 0.3) is 5.91 Å². The molecule has 1 aromatic rings. The fourth-order valence-corrected chi connectivity index (χ4v) is 3.05. The van der Waals surface area contributed by atoms with E-state index in [4.69, 9.17) is 20.1 Å². The van der Waals surface area contributed by atoms with Crippen molar-refractivity contribution in [3.05, 3.63) is 23.8 Å². The predicted octanol–water partition coefficient (Wildman–Crippen LogP) is 1.93. The Morgan fingerprint density at radius 3 is 2.73 bits per heavy atom. The Kier molecular flexibility index (Phi) is 6.02. The summed E-state index contributed by atoms with van der Waals surface area (Å²) in [7, 11) is 1.57. The molecule has 3 fully saturated rings. The lowest BCUT2D eigenvalue weighted by Gasteiger charge is -2.28. The molecule has 2 aliphatic carbocycles. The summed E-state index contributed by atoms with van der Waals surface area (Å²) in [6.07, 6.45) is 5.54. The summed E-state index contributed by atoms with van der Waals surface area (Å²) in [5.41, 5.74) is 1.56. The number of ether oxygens (including phenoxy) is 3. The molecule has 2 saturated carbocycles. The third-order valence-electron chi connectivity index (χ3n) is 5.35. The van der Waals surface area contributed by atoms with Crippen LogP contribution in [-0.2, 0) is 14.3 Å². The number of nitrogens with two attached hydrogens (primary N) is 1. The van der Waals surface area contributed by atoms with Crippen molar-refractivity contribution in [3.8, 4) is 17.6 Å². The van der Waals surface area contributed by atoms with E-state index in [9.17, 15) is 4.79 Å². The van der Waals surface area contributed by atoms with E-state index in [-0.39, 0.29) is 17.7 Å². The molecule has 3 N–H and O–H groups in total. The van der Waals surface area contributed by atoms with Gasteiger partial charge in [-0.3, -0.25) is 9.79 Å². The molecule has 0 bridgehead atoms. The Labute approximate surface area is 175 Å². The molecule has 4 rings (SSSR count). The zero-order chi connectivity index (χ0) is 21.0. The summed E-state index contributed by atoms with van der Waals surface area (Å²) >= 11 is 0. The molecule has 1 amide bonds. The Balaban J connectivity index is 1.34. The SMILES string of the molecule is COc1cc(C#CC2CC2)cc(NC(=O)/C(C=NCC2OCC3(CC3)CO2)=N/N)c1. The summed E-state index contributed by atoms with van der Waals surface area (Å²) in [4.78, 5) is 16.8. The van der Waals surface area contributed by atoms with Crippen molar-refractivity contribution >= 4 is 23.5 Å². The van der Waals surface area contributed by atoms with Gasteiger partial charge in [-0.15, -0.1) is 0 Å². The molecule has 0 unspecified atom stereocenters. The van der Waals surface area contributed by atoms with Gasteiger partial charge in [-0.2, -0.15) is 5.10 Å². The van der Waals surface area contributed by atoms with Crippen LogP contribution in [0.5, 0.6) is 5.75 Å². The van der Waals surface area contributed by atoms with Crippen molar-refractivity contribution in [2.75, 3.05) is 32.2 Å². The molecule has 1 spiro atoms. The van der Waals surface area contributed by atoms with Crippen LogP contribution < -0.4 is 15.9 Å². The highest BCUT2D eigenvalue weighted by Crippen LogP contribution is 2.48. The molecule has 30 heavy (non-hydrogen) atoms. The molecule has 0 aromatic heterocycles. The number of carbonyl (C=O) groups is 1. The first-order chi connectivity index (χ1) is 14.6. The molecule has 0 radical (unpaired) electrons. The van der Waals surface area contributed by atoms with Gasteiger partial charge in [-0.1, -0.05) is 11.8 Å². The second-order valence-electron chi connectivity index (χ2n) is 8.01.